The van der Waals surface area contributed by atoms with E-state index >= 15 is 0 Å². The first-order valence-electron chi connectivity index (χ1n) is 4.56. The van der Waals surface area contributed by atoms with Crippen LogP contribution in [0, 0.1) is 5.92 Å². The average molecular weight is 190 g/mol. The van der Waals surface area contributed by atoms with Crippen molar-refractivity contribution in [2.24, 2.45) is 5.92 Å². The van der Waals surface area contributed by atoms with Gasteiger partial charge in [0.15, 0.2) is 0 Å². The Morgan fingerprint density at radius 3 is 2.43 bits per heavy atom. The summed E-state index contributed by atoms with van der Waals surface area (Å²) in [6.45, 7) is 0. The van der Waals surface area contributed by atoms with Crippen LogP contribution in [-0.2, 0) is 4.79 Å². The summed E-state index contributed by atoms with van der Waals surface area (Å²) in [6, 6.07) is 6.13. The molecule has 1 aromatic carbocycles. The molecule has 0 bridgehead atoms. The molecule has 0 unspecified atom stereocenters. The van der Waals surface area contributed by atoms with Crippen molar-refractivity contribution in [1.82, 2.24) is 0 Å². The Bertz CT molecular complexity index is 391. The molecule has 0 aliphatic heterocycles. The van der Waals surface area contributed by atoms with E-state index in [1.165, 1.54) is 12.1 Å². The molecule has 1 N–H and O–H groups in total. The maximum Gasteiger partial charge on any atom is 0.232 e. The Morgan fingerprint density at radius 2 is 1.86 bits per heavy atom. The van der Waals surface area contributed by atoms with Crippen molar-refractivity contribution in [3.63, 3.8) is 0 Å². The van der Waals surface area contributed by atoms with Crippen LogP contribution >= 0.6 is 0 Å². The van der Waals surface area contributed by atoms with Crippen LogP contribution in [0.5, 0.6) is 5.75 Å². The summed E-state index contributed by atoms with van der Waals surface area (Å²) in [7, 11) is 0. The standard InChI is InChI=1S/C11H10O3/c12-9-4-2-1-3-8(9)11(14)10(13)7-5-6-7/h1-4,7,12H,5-6H2. The van der Waals surface area contributed by atoms with Crippen LogP contribution in [0.3, 0.4) is 0 Å². The van der Waals surface area contributed by atoms with E-state index in [1.807, 2.05) is 0 Å². The fraction of sp³-hybridized carbons (Fsp3) is 0.273. The molecule has 3 heteroatoms. The summed E-state index contributed by atoms with van der Waals surface area (Å²) in [4.78, 5) is 22.9. The van der Waals surface area contributed by atoms with Crippen LogP contribution in [0.1, 0.15) is 23.2 Å². The summed E-state index contributed by atoms with van der Waals surface area (Å²) in [5.41, 5.74) is 0.115. The topological polar surface area (TPSA) is 54.4 Å². The minimum absolute atomic E-state index is 0.0953. The van der Waals surface area contributed by atoms with E-state index in [1.54, 1.807) is 12.1 Å². The molecule has 0 radical (unpaired) electrons. The molecule has 3 nitrogen and oxygen atoms in total. The molecule has 1 saturated carbocycles. The van der Waals surface area contributed by atoms with Gasteiger partial charge in [-0.05, 0) is 25.0 Å². The summed E-state index contributed by atoms with van der Waals surface area (Å²) in [6.07, 6.45) is 1.61. The van der Waals surface area contributed by atoms with Crippen molar-refractivity contribution in [2.75, 3.05) is 0 Å². The number of phenolic OH excluding ortho intramolecular Hbond substituents is 1. The van der Waals surface area contributed by atoms with E-state index in [0.717, 1.165) is 12.8 Å². The average Bonchev–Trinajstić information content (AvgIpc) is 3.00. The highest BCUT2D eigenvalue weighted by molar-refractivity contribution is 6.45. The number of para-hydroxylation sites is 1. The van der Waals surface area contributed by atoms with E-state index < -0.39 is 5.78 Å². The van der Waals surface area contributed by atoms with Crippen molar-refractivity contribution in [2.45, 2.75) is 12.8 Å². The molecule has 2 rings (SSSR count). The molecule has 0 atom stereocenters. The Kier molecular flexibility index (Phi) is 2.08. The minimum atomic E-state index is -0.564. The van der Waals surface area contributed by atoms with E-state index in [-0.39, 0.29) is 23.0 Å². The van der Waals surface area contributed by atoms with Crippen molar-refractivity contribution in [1.29, 1.82) is 0 Å². The number of aromatic hydroxyl groups is 1. The number of carbonyl (C=O) groups excluding carboxylic acids is 2. The van der Waals surface area contributed by atoms with E-state index in [0.29, 0.717) is 0 Å². The van der Waals surface area contributed by atoms with Gasteiger partial charge in [0.2, 0.25) is 11.6 Å². The van der Waals surface area contributed by atoms with E-state index in [9.17, 15) is 14.7 Å². The van der Waals surface area contributed by atoms with Crippen LogP contribution < -0.4 is 0 Å². The smallest absolute Gasteiger partial charge is 0.232 e. The Hall–Kier alpha value is -1.64. The lowest BCUT2D eigenvalue weighted by molar-refractivity contribution is -0.116. The molecule has 0 amide bonds. The van der Waals surface area contributed by atoms with Crippen molar-refractivity contribution < 1.29 is 14.7 Å². The molecule has 0 spiro atoms. The molecular formula is C11H10O3. The van der Waals surface area contributed by atoms with Gasteiger partial charge in [0.1, 0.15) is 5.75 Å². The summed E-state index contributed by atoms with van der Waals surface area (Å²) < 4.78 is 0. The fourth-order valence-corrected chi connectivity index (χ4v) is 1.33. The highest BCUT2D eigenvalue weighted by Crippen LogP contribution is 2.31. The first kappa shape index (κ1) is 8.94. The normalized spacial score (nSPS) is 15.1. The van der Waals surface area contributed by atoms with Crippen LogP contribution in [0.4, 0.5) is 0 Å². The predicted molar refractivity (Wildman–Crippen MR) is 50.2 cm³/mol. The number of ketones is 2. The molecule has 0 heterocycles. The van der Waals surface area contributed by atoms with Crippen LogP contribution in [0.25, 0.3) is 0 Å². The third-order valence-electron chi connectivity index (χ3n) is 2.32. The van der Waals surface area contributed by atoms with Gasteiger partial charge >= 0.3 is 0 Å². The zero-order valence-electron chi connectivity index (χ0n) is 7.56. The molecule has 0 saturated heterocycles. The Morgan fingerprint density at radius 1 is 1.21 bits per heavy atom. The molecule has 1 aliphatic rings. The van der Waals surface area contributed by atoms with Gasteiger partial charge in [0.05, 0.1) is 5.56 Å². The van der Waals surface area contributed by atoms with Crippen LogP contribution in [0.2, 0.25) is 0 Å². The van der Waals surface area contributed by atoms with Gasteiger partial charge in [-0.2, -0.15) is 0 Å². The zero-order valence-corrected chi connectivity index (χ0v) is 7.56. The van der Waals surface area contributed by atoms with E-state index in [4.69, 9.17) is 0 Å². The molecule has 14 heavy (non-hydrogen) atoms. The quantitative estimate of drug-likeness (QED) is 0.581. The minimum Gasteiger partial charge on any atom is -0.507 e. The number of Topliss-reactive ketones (excluding diaryl/α,β-unsaturated/α-hetero) is 2. The molecular weight excluding hydrogens is 180 g/mol. The van der Waals surface area contributed by atoms with Gasteiger partial charge in [-0.25, -0.2) is 0 Å². The SMILES string of the molecule is O=C(C(=O)C1CC1)c1ccccc1O. The largest absolute Gasteiger partial charge is 0.507 e. The van der Waals surface area contributed by atoms with Gasteiger partial charge in [-0.1, -0.05) is 12.1 Å². The van der Waals surface area contributed by atoms with Crippen molar-refractivity contribution in [3.8, 4) is 5.75 Å². The monoisotopic (exact) mass is 190 g/mol. The number of benzene rings is 1. The maximum absolute atomic E-state index is 11.5. The first-order valence-corrected chi connectivity index (χ1v) is 4.56. The van der Waals surface area contributed by atoms with Gasteiger partial charge in [0, 0.05) is 5.92 Å². The van der Waals surface area contributed by atoms with Gasteiger partial charge in [0.25, 0.3) is 0 Å². The third-order valence-corrected chi connectivity index (χ3v) is 2.32. The van der Waals surface area contributed by atoms with Crippen LogP contribution in [0.15, 0.2) is 24.3 Å². The molecule has 1 fully saturated rings. The van der Waals surface area contributed by atoms with Gasteiger partial charge < -0.3 is 5.11 Å². The lowest BCUT2D eigenvalue weighted by Gasteiger charge is -2.00. The number of carbonyl (C=O) groups is 2. The highest BCUT2D eigenvalue weighted by atomic mass is 16.3. The Labute approximate surface area is 81.4 Å². The maximum atomic E-state index is 11.5. The second-order valence-electron chi connectivity index (χ2n) is 3.48. The summed E-state index contributed by atoms with van der Waals surface area (Å²) in [5.74, 6) is -1.15. The third kappa shape index (κ3) is 1.53. The number of rotatable bonds is 3. The lowest BCUT2D eigenvalue weighted by Crippen LogP contribution is -2.15. The highest BCUT2D eigenvalue weighted by Gasteiger charge is 2.35. The van der Waals surface area contributed by atoms with Gasteiger partial charge in [-0.3, -0.25) is 9.59 Å². The summed E-state index contributed by atoms with van der Waals surface area (Å²) in [5, 5.41) is 9.36. The second-order valence-corrected chi connectivity index (χ2v) is 3.48. The number of hydrogen-bond acceptors (Lipinski definition) is 3. The molecule has 72 valence electrons. The lowest BCUT2D eigenvalue weighted by atomic mass is 10.0. The molecule has 1 aliphatic carbocycles. The second kappa shape index (κ2) is 3.25. The van der Waals surface area contributed by atoms with Crippen molar-refractivity contribution >= 4 is 11.6 Å². The summed E-state index contributed by atoms with van der Waals surface area (Å²) >= 11 is 0. The van der Waals surface area contributed by atoms with E-state index in [2.05, 4.69) is 0 Å². The van der Waals surface area contributed by atoms with Crippen LogP contribution in [-0.4, -0.2) is 16.7 Å². The predicted octanol–water partition coefficient (Wildman–Crippen LogP) is 1.55. The fourth-order valence-electron chi connectivity index (χ4n) is 1.33. The molecule has 1 aromatic rings. The number of phenols is 1. The Balaban J connectivity index is 2.26. The van der Waals surface area contributed by atoms with Crippen molar-refractivity contribution in [3.05, 3.63) is 29.8 Å². The zero-order chi connectivity index (χ0) is 10.1. The molecule has 0 aromatic heterocycles. The number of hydrogen-bond donors (Lipinski definition) is 1. The van der Waals surface area contributed by atoms with Gasteiger partial charge in [-0.15, -0.1) is 0 Å². The first-order chi connectivity index (χ1) is 6.70.